The van der Waals surface area contributed by atoms with Crippen LogP contribution in [0.5, 0.6) is 11.5 Å². The lowest BCUT2D eigenvalue weighted by atomic mass is 10.0. The quantitative estimate of drug-likeness (QED) is 0.660. The molecule has 2 aromatic carbocycles. The van der Waals surface area contributed by atoms with Gasteiger partial charge in [-0.2, -0.15) is 0 Å². The van der Waals surface area contributed by atoms with Gasteiger partial charge >= 0.3 is 5.97 Å². The molecule has 1 N–H and O–H groups in total. The molecule has 0 atom stereocenters. The van der Waals surface area contributed by atoms with Crippen molar-refractivity contribution >= 4 is 38.8 Å². The molecule has 1 heterocycles. The Morgan fingerprint density at radius 3 is 2.25 bits per heavy atom. The molecule has 0 saturated carbocycles. The number of esters is 1. The number of hydrogen-bond donors (Lipinski definition) is 1. The molecule has 0 radical (unpaired) electrons. The highest BCUT2D eigenvalue weighted by Gasteiger charge is 2.40. The predicted octanol–water partition coefficient (Wildman–Crippen LogP) is 3.03. The number of anilines is 2. The van der Waals surface area contributed by atoms with Gasteiger partial charge in [0.1, 0.15) is 0 Å². The van der Waals surface area contributed by atoms with Crippen LogP contribution in [-0.4, -0.2) is 48.2 Å². The summed E-state index contributed by atoms with van der Waals surface area (Å²) in [6.07, 6.45) is 0. The SMILES string of the molecule is CCN1c2cc(OC)c(OC)cc2C(C)=C(C(=O)Nc2ccccc2C(=O)OC)S1(=O)=O. The normalized spacial score (nSPS) is 14.5. The summed E-state index contributed by atoms with van der Waals surface area (Å²) in [6.45, 7) is 3.31. The number of benzene rings is 2. The number of sulfonamides is 1. The molecule has 1 aliphatic rings. The number of carbonyl (C=O) groups is 2. The number of nitrogens with one attached hydrogen (secondary N) is 1. The maximum absolute atomic E-state index is 13.4. The predicted molar refractivity (Wildman–Crippen MR) is 120 cm³/mol. The summed E-state index contributed by atoms with van der Waals surface area (Å²) in [5, 5.41) is 2.55. The largest absolute Gasteiger partial charge is 0.493 e. The lowest BCUT2D eigenvalue weighted by Crippen LogP contribution is -2.39. The minimum atomic E-state index is -4.19. The Morgan fingerprint density at radius 2 is 1.66 bits per heavy atom. The molecule has 9 nitrogen and oxygen atoms in total. The molecule has 0 bridgehead atoms. The van der Waals surface area contributed by atoms with Crippen LogP contribution in [0, 0.1) is 0 Å². The van der Waals surface area contributed by atoms with E-state index in [-0.39, 0.29) is 23.4 Å². The maximum atomic E-state index is 13.4. The average Bonchev–Trinajstić information content (AvgIpc) is 2.77. The minimum absolute atomic E-state index is 0.0909. The summed E-state index contributed by atoms with van der Waals surface area (Å²) in [7, 11) is -0.0454. The van der Waals surface area contributed by atoms with Crippen molar-refractivity contribution in [1.82, 2.24) is 0 Å². The van der Waals surface area contributed by atoms with E-state index in [9.17, 15) is 18.0 Å². The third-order valence-corrected chi connectivity index (χ3v) is 7.18. The third kappa shape index (κ3) is 3.77. The molecule has 10 heteroatoms. The molecule has 1 aliphatic heterocycles. The van der Waals surface area contributed by atoms with Crippen molar-refractivity contribution in [2.24, 2.45) is 0 Å². The zero-order valence-electron chi connectivity index (χ0n) is 18.4. The fourth-order valence-electron chi connectivity index (χ4n) is 3.62. The van der Waals surface area contributed by atoms with E-state index < -0.39 is 26.8 Å². The number of nitrogens with zero attached hydrogens (tertiary/aromatic N) is 1. The summed E-state index contributed by atoms with van der Waals surface area (Å²) in [6, 6.07) is 9.40. The van der Waals surface area contributed by atoms with E-state index in [0.717, 1.165) is 4.31 Å². The number of para-hydroxylation sites is 1. The Morgan fingerprint density at radius 1 is 1.03 bits per heavy atom. The highest BCUT2D eigenvalue weighted by atomic mass is 32.2. The second kappa shape index (κ2) is 8.91. The van der Waals surface area contributed by atoms with Gasteiger partial charge in [-0.25, -0.2) is 13.2 Å². The molecule has 1 amide bonds. The van der Waals surface area contributed by atoms with Gasteiger partial charge in [0, 0.05) is 18.2 Å². The van der Waals surface area contributed by atoms with Crippen LogP contribution in [0.4, 0.5) is 11.4 Å². The van der Waals surface area contributed by atoms with E-state index in [2.05, 4.69) is 5.32 Å². The van der Waals surface area contributed by atoms with Crippen molar-refractivity contribution in [1.29, 1.82) is 0 Å². The number of carbonyl (C=O) groups excluding carboxylic acids is 2. The van der Waals surface area contributed by atoms with E-state index in [1.165, 1.54) is 33.5 Å². The molecule has 2 aromatic rings. The molecule has 170 valence electrons. The summed E-state index contributed by atoms with van der Waals surface area (Å²) >= 11 is 0. The van der Waals surface area contributed by atoms with Gasteiger partial charge in [-0.05, 0) is 37.6 Å². The van der Waals surface area contributed by atoms with Gasteiger partial charge < -0.3 is 19.5 Å². The van der Waals surface area contributed by atoms with Gasteiger partial charge in [0.05, 0.1) is 38.3 Å². The highest BCUT2D eigenvalue weighted by molar-refractivity contribution is 7.97. The monoisotopic (exact) mass is 460 g/mol. The molecule has 0 spiro atoms. The smallest absolute Gasteiger partial charge is 0.339 e. The first-order valence-corrected chi connectivity index (χ1v) is 11.1. The highest BCUT2D eigenvalue weighted by Crippen LogP contribution is 2.45. The van der Waals surface area contributed by atoms with Gasteiger partial charge in [0.25, 0.3) is 15.9 Å². The number of amides is 1. The number of rotatable bonds is 6. The third-order valence-electron chi connectivity index (χ3n) is 5.14. The molecule has 32 heavy (non-hydrogen) atoms. The molecule has 0 aliphatic carbocycles. The van der Waals surface area contributed by atoms with Crippen LogP contribution < -0.4 is 19.1 Å². The lowest BCUT2D eigenvalue weighted by Gasteiger charge is -2.32. The number of hydrogen-bond acceptors (Lipinski definition) is 7. The van der Waals surface area contributed by atoms with Crippen LogP contribution in [-0.2, 0) is 19.6 Å². The summed E-state index contributed by atoms with van der Waals surface area (Å²) in [5.41, 5.74) is 1.40. The van der Waals surface area contributed by atoms with Crippen LogP contribution >= 0.6 is 0 Å². The van der Waals surface area contributed by atoms with E-state index >= 15 is 0 Å². The molecular formula is C22H24N2O7S. The second-order valence-corrected chi connectivity index (χ2v) is 8.64. The summed E-state index contributed by atoms with van der Waals surface area (Å²) in [4.78, 5) is 24.8. The maximum Gasteiger partial charge on any atom is 0.339 e. The van der Waals surface area contributed by atoms with Crippen LogP contribution in [0.3, 0.4) is 0 Å². The Hall–Kier alpha value is -3.53. The Kier molecular flexibility index (Phi) is 6.45. The van der Waals surface area contributed by atoms with Gasteiger partial charge in [0.2, 0.25) is 0 Å². The minimum Gasteiger partial charge on any atom is -0.493 e. The van der Waals surface area contributed by atoms with Crippen molar-refractivity contribution in [3.63, 3.8) is 0 Å². The Labute approximate surface area is 186 Å². The van der Waals surface area contributed by atoms with Gasteiger partial charge in [0.15, 0.2) is 16.4 Å². The van der Waals surface area contributed by atoms with Crippen molar-refractivity contribution < 1.29 is 32.2 Å². The van der Waals surface area contributed by atoms with Crippen molar-refractivity contribution in [2.45, 2.75) is 13.8 Å². The lowest BCUT2D eigenvalue weighted by molar-refractivity contribution is -0.112. The van der Waals surface area contributed by atoms with Crippen molar-refractivity contribution in [2.75, 3.05) is 37.5 Å². The van der Waals surface area contributed by atoms with E-state index in [1.54, 1.807) is 38.1 Å². The first-order chi connectivity index (χ1) is 15.2. The van der Waals surface area contributed by atoms with E-state index in [4.69, 9.17) is 14.2 Å². The molecule has 0 fully saturated rings. The Balaban J connectivity index is 2.18. The molecular weight excluding hydrogens is 436 g/mol. The molecule has 0 aromatic heterocycles. The standard InChI is InChI=1S/C22H24N2O7S/c1-6-24-17-12-19(30-4)18(29-3)11-15(17)13(2)20(32(24,27)28)21(25)23-16-10-8-7-9-14(16)22(26)31-5/h7-12H,6H2,1-5H3,(H,23,25). The molecule has 3 rings (SSSR count). The van der Waals surface area contributed by atoms with Crippen LogP contribution in [0.25, 0.3) is 5.57 Å². The number of methoxy groups -OCH3 is 3. The number of fused-ring (bicyclic) bond motifs is 1. The molecule has 0 saturated heterocycles. The average molecular weight is 461 g/mol. The fourth-order valence-corrected chi connectivity index (χ4v) is 5.37. The zero-order chi connectivity index (χ0) is 23.6. The van der Waals surface area contributed by atoms with Crippen LogP contribution in [0.1, 0.15) is 29.8 Å². The first-order valence-electron chi connectivity index (χ1n) is 9.69. The van der Waals surface area contributed by atoms with Gasteiger partial charge in [-0.15, -0.1) is 0 Å². The van der Waals surface area contributed by atoms with Crippen molar-refractivity contribution in [3.05, 3.63) is 52.4 Å². The van der Waals surface area contributed by atoms with Gasteiger partial charge in [-0.3, -0.25) is 9.10 Å². The summed E-state index contributed by atoms with van der Waals surface area (Å²) < 4.78 is 43.4. The Bertz CT molecular complexity index is 1220. The van der Waals surface area contributed by atoms with Crippen LogP contribution in [0.15, 0.2) is 41.3 Å². The number of allylic oxidation sites excluding steroid dienone is 1. The number of ether oxygens (including phenoxy) is 3. The molecule has 0 unspecified atom stereocenters. The fraction of sp³-hybridized carbons (Fsp3) is 0.273. The van der Waals surface area contributed by atoms with Crippen LogP contribution in [0.2, 0.25) is 0 Å². The van der Waals surface area contributed by atoms with Crippen molar-refractivity contribution in [3.8, 4) is 11.5 Å². The van der Waals surface area contributed by atoms with E-state index in [0.29, 0.717) is 22.7 Å². The second-order valence-electron chi connectivity index (χ2n) is 6.84. The zero-order valence-corrected chi connectivity index (χ0v) is 19.2. The van der Waals surface area contributed by atoms with Gasteiger partial charge in [-0.1, -0.05) is 12.1 Å². The summed E-state index contributed by atoms with van der Waals surface area (Å²) in [5.74, 6) is -0.752. The first kappa shape index (κ1) is 23.1. The van der Waals surface area contributed by atoms with E-state index in [1.807, 2.05) is 0 Å². The topological polar surface area (TPSA) is 111 Å².